The van der Waals surface area contributed by atoms with Crippen molar-refractivity contribution in [3.05, 3.63) is 34.2 Å². The summed E-state index contributed by atoms with van der Waals surface area (Å²) in [7, 11) is 0. The number of nitrogens with two attached hydrogens (primary N) is 1. The van der Waals surface area contributed by atoms with Crippen molar-refractivity contribution in [1.82, 2.24) is 15.0 Å². The van der Waals surface area contributed by atoms with Crippen LogP contribution >= 0.6 is 15.9 Å². The van der Waals surface area contributed by atoms with Crippen LogP contribution in [0.5, 0.6) is 0 Å². The number of aromatic nitrogens is 3. The molecule has 2 aromatic rings. The first-order chi connectivity index (χ1) is 9.20. The summed E-state index contributed by atoms with van der Waals surface area (Å²) in [6.07, 6.45) is 6.92. The highest BCUT2D eigenvalue weighted by Gasteiger charge is 2.29. The third-order valence-corrected chi connectivity index (χ3v) is 4.20. The minimum absolute atomic E-state index is 0.519. The molecule has 98 valence electrons. The molecule has 2 heterocycles. The first-order valence-electron chi connectivity index (χ1n) is 6.46. The molecule has 0 bridgehead atoms. The number of nitrogens with zero attached hydrogens (tertiary/aromatic N) is 3. The highest BCUT2D eigenvalue weighted by molar-refractivity contribution is 9.10. The standard InChI is InChI=1S/C14H15BrN4/c1-2-8-7-17-6-5-10(8)14-18-12(9-3-4-9)11(15)13(16)19-14/h5-7,9H,2-4H2,1H3,(H2,16,18,19). The Balaban J connectivity index is 2.14. The van der Waals surface area contributed by atoms with Crippen molar-refractivity contribution in [2.24, 2.45) is 0 Å². The fraction of sp³-hybridized carbons (Fsp3) is 0.357. The summed E-state index contributed by atoms with van der Waals surface area (Å²) >= 11 is 3.50. The first kappa shape index (κ1) is 12.5. The second-order valence-corrected chi connectivity index (χ2v) is 5.59. The predicted octanol–water partition coefficient (Wildman–Crippen LogP) is 3.32. The van der Waals surface area contributed by atoms with Gasteiger partial charge in [0.15, 0.2) is 5.82 Å². The predicted molar refractivity (Wildman–Crippen MR) is 78.7 cm³/mol. The highest BCUT2D eigenvalue weighted by atomic mass is 79.9. The number of aryl methyl sites for hydroxylation is 1. The fourth-order valence-corrected chi connectivity index (χ4v) is 2.66. The van der Waals surface area contributed by atoms with Crippen molar-refractivity contribution < 1.29 is 0 Å². The molecule has 0 radical (unpaired) electrons. The largest absolute Gasteiger partial charge is 0.383 e. The second-order valence-electron chi connectivity index (χ2n) is 4.79. The molecule has 0 atom stereocenters. The van der Waals surface area contributed by atoms with Crippen LogP contribution in [0.1, 0.15) is 36.9 Å². The quantitative estimate of drug-likeness (QED) is 0.942. The Kier molecular flexibility index (Phi) is 3.22. The second kappa shape index (κ2) is 4.89. The fourth-order valence-electron chi connectivity index (χ4n) is 2.16. The molecule has 0 aliphatic heterocycles. The lowest BCUT2D eigenvalue weighted by Crippen LogP contribution is -2.03. The van der Waals surface area contributed by atoms with Crippen LogP contribution < -0.4 is 5.73 Å². The lowest BCUT2D eigenvalue weighted by atomic mass is 10.1. The summed E-state index contributed by atoms with van der Waals surface area (Å²) in [6, 6.07) is 1.96. The molecule has 2 aromatic heterocycles. The van der Waals surface area contributed by atoms with Crippen LogP contribution in [-0.2, 0) is 6.42 Å². The SMILES string of the molecule is CCc1cnccc1-c1nc(N)c(Br)c(C2CC2)n1. The van der Waals surface area contributed by atoms with Crippen LogP contribution in [0.2, 0.25) is 0 Å². The molecule has 3 rings (SSSR count). The van der Waals surface area contributed by atoms with Gasteiger partial charge in [0.25, 0.3) is 0 Å². The molecule has 0 spiro atoms. The van der Waals surface area contributed by atoms with E-state index in [1.807, 2.05) is 12.3 Å². The zero-order valence-corrected chi connectivity index (χ0v) is 12.3. The molecule has 0 unspecified atom stereocenters. The number of pyridine rings is 1. The lowest BCUT2D eigenvalue weighted by molar-refractivity contribution is 0.978. The molecule has 19 heavy (non-hydrogen) atoms. The summed E-state index contributed by atoms with van der Waals surface area (Å²) in [6.45, 7) is 2.10. The zero-order valence-electron chi connectivity index (χ0n) is 10.7. The van der Waals surface area contributed by atoms with Gasteiger partial charge in [-0.1, -0.05) is 6.92 Å². The van der Waals surface area contributed by atoms with Crippen LogP contribution in [0, 0.1) is 0 Å². The van der Waals surface area contributed by atoms with E-state index in [4.69, 9.17) is 10.7 Å². The maximum atomic E-state index is 6.00. The Hall–Kier alpha value is -1.49. The van der Waals surface area contributed by atoms with Crippen molar-refractivity contribution in [2.75, 3.05) is 5.73 Å². The Bertz CT molecular complexity index is 623. The van der Waals surface area contributed by atoms with Gasteiger partial charge in [-0.2, -0.15) is 0 Å². The van der Waals surface area contributed by atoms with E-state index in [0.717, 1.165) is 27.7 Å². The van der Waals surface area contributed by atoms with Gasteiger partial charge < -0.3 is 5.73 Å². The van der Waals surface area contributed by atoms with Gasteiger partial charge in [0, 0.05) is 23.9 Å². The van der Waals surface area contributed by atoms with Gasteiger partial charge in [0.2, 0.25) is 0 Å². The Morgan fingerprint density at radius 2 is 2.16 bits per heavy atom. The van der Waals surface area contributed by atoms with Crippen LogP contribution in [0.15, 0.2) is 22.9 Å². The van der Waals surface area contributed by atoms with Crippen molar-refractivity contribution >= 4 is 21.7 Å². The van der Waals surface area contributed by atoms with Crippen molar-refractivity contribution in [1.29, 1.82) is 0 Å². The topological polar surface area (TPSA) is 64.7 Å². The van der Waals surface area contributed by atoms with Gasteiger partial charge in [0.1, 0.15) is 5.82 Å². The van der Waals surface area contributed by atoms with E-state index in [0.29, 0.717) is 17.6 Å². The van der Waals surface area contributed by atoms with Crippen LogP contribution in [0.3, 0.4) is 0 Å². The molecule has 0 amide bonds. The number of hydrogen-bond donors (Lipinski definition) is 1. The van der Waals surface area contributed by atoms with Crippen molar-refractivity contribution in [3.63, 3.8) is 0 Å². The Labute approximate surface area is 120 Å². The van der Waals surface area contributed by atoms with E-state index < -0.39 is 0 Å². The smallest absolute Gasteiger partial charge is 0.162 e. The summed E-state index contributed by atoms with van der Waals surface area (Å²) in [4.78, 5) is 13.3. The highest BCUT2D eigenvalue weighted by Crippen LogP contribution is 2.44. The van der Waals surface area contributed by atoms with E-state index >= 15 is 0 Å². The van der Waals surface area contributed by atoms with Crippen LogP contribution in [-0.4, -0.2) is 15.0 Å². The average Bonchev–Trinajstić information content (AvgIpc) is 3.26. The van der Waals surface area contributed by atoms with Gasteiger partial charge >= 0.3 is 0 Å². The molecule has 0 aromatic carbocycles. The maximum Gasteiger partial charge on any atom is 0.162 e. The number of hydrogen-bond acceptors (Lipinski definition) is 4. The molecule has 1 saturated carbocycles. The monoisotopic (exact) mass is 318 g/mol. The number of anilines is 1. The van der Waals surface area contributed by atoms with Gasteiger partial charge in [-0.3, -0.25) is 4.98 Å². The molecule has 2 N–H and O–H groups in total. The van der Waals surface area contributed by atoms with E-state index in [1.54, 1.807) is 6.20 Å². The van der Waals surface area contributed by atoms with Gasteiger partial charge in [-0.15, -0.1) is 0 Å². The molecule has 1 fully saturated rings. The average molecular weight is 319 g/mol. The minimum atomic E-state index is 0.519. The molecule has 4 nitrogen and oxygen atoms in total. The molecular weight excluding hydrogens is 304 g/mol. The third-order valence-electron chi connectivity index (χ3n) is 3.39. The van der Waals surface area contributed by atoms with E-state index in [-0.39, 0.29) is 0 Å². The van der Waals surface area contributed by atoms with E-state index in [2.05, 4.69) is 32.8 Å². The van der Waals surface area contributed by atoms with Gasteiger partial charge in [0.05, 0.1) is 10.2 Å². The van der Waals surface area contributed by atoms with Gasteiger partial charge in [-0.25, -0.2) is 9.97 Å². The Morgan fingerprint density at radius 3 is 2.84 bits per heavy atom. The number of halogens is 1. The zero-order chi connectivity index (χ0) is 13.4. The summed E-state index contributed by atoms with van der Waals surface area (Å²) in [5, 5.41) is 0. The number of nitrogen functional groups attached to an aromatic ring is 1. The third kappa shape index (κ3) is 2.34. The van der Waals surface area contributed by atoms with Crippen molar-refractivity contribution in [3.8, 4) is 11.4 Å². The number of rotatable bonds is 3. The Morgan fingerprint density at radius 1 is 1.37 bits per heavy atom. The molecular formula is C14H15BrN4. The summed E-state index contributed by atoms with van der Waals surface area (Å²) in [5.41, 5.74) is 9.22. The van der Waals surface area contributed by atoms with Crippen molar-refractivity contribution in [2.45, 2.75) is 32.1 Å². The molecule has 1 aliphatic carbocycles. The molecule has 5 heteroatoms. The van der Waals surface area contributed by atoms with Crippen LogP contribution in [0.25, 0.3) is 11.4 Å². The lowest BCUT2D eigenvalue weighted by Gasteiger charge is -2.10. The van der Waals surface area contributed by atoms with E-state index in [1.165, 1.54) is 12.8 Å². The molecule has 1 aliphatic rings. The summed E-state index contributed by atoms with van der Waals surface area (Å²) in [5.74, 6) is 1.76. The first-order valence-corrected chi connectivity index (χ1v) is 7.26. The minimum Gasteiger partial charge on any atom is -0.383 e. The normalized spacial score (nSPS) is 14.6. The maximum absolute atomic E-state index is 6.00. The van der Waals surface area contributed by atoms with Crippen LogP contribution in [0.4, 0.5) is 5.82 Å². The summed E-state index contributed by atoms with van der Waals surface area (Å²) < 4.78 is 0.853. The molecule has 0 saturated heterocycles. The van der Waals surface area contributed by atoms with Gasteiger partial charge in [-0.05, 0) is 46.8 Å². The van der Waals surface area contributed by atoms with E-state index in [9.17, 15) is 0 Å².